The number of aromatic nitrogens is 1. The number of nitrogens with zero attached hydrogens (tertiary/aromatic N) is 1. The third-order valence-corrected chi connectivity index (χ3v) is 2.45. The average molecular weight is 229 g/mol. The molecule has 0 radical (unpaired) electrons. The first kappa shape index (κ1) is 11.6. The van der Waals surface area contributed by atoms with Gasteiger partial charge >= 0.3 is 7.12 Å². The molecule has 0 spiro atoms. The molecule has 1 aromatic heterocycles. The van der Waals surface area contributed by atoms with E-state index in [9.17, 15) is 0 Å². The van der Waals surface area contributed by atoms with Gasteiger partial charge in [0.25, 0.3) is 0 Å². The van der Waals surface area contributed by atoms with Crippen molar-refractivity contribution in [1.29, 1.82) is 0 Å². The van der Waals surface area contributed by atoms with Gasteiger partial charge in [-0.15, -0.1) is 0 Å². The average Bonchev–Trinajstić information content (AvgIpc) is 2.39. The lowest BCUT2D eigenvalue weighted by atomic mass is 9.81. The second-order valence-corrected chi connectivity index (χ2v) is 3.58. The normalized spacial score (nSPS) is 10.1. The molecule has 0 unspecified atom stereocenters. The zero-order chi connectivity index (χ0) is 12.3. The molecule has 1 heterocycles. The van der Waals surface area contributed by atoms with Crippen LogP contribution in [0.4, 0.5) is 0 Å². The molecule has 0 saturated heterocycles. The SMILES string of the molecule is COc1cccc(-c2ccc(B(O)O)cn2)c1. The molecule has 0 atom stereocenters. The molecular weight excluding hydrogens is 217 g/mol. The Morgan fingerprint density at radius 1 is 1.18 bits per heavy atom. The number of hydrogen-bond donors (Lipinski definition) is 2. The van der Waals surface area contributed by atoms with Crippen LogP contribution in [0, 0.1) is 0 Å². The van der Waals surface area contributed by atoms with Crippen molar-refractivity contribution in [3.05, 3.63) is 42.6 Å². The molecule has 1 aromatic carbocycles. The summed E-state index contributed by atoms with van der Waals surface area (Å²) in [6.45, 7) is 0. The summed E-state index contributed by atoms with van der Waals surface area (Å²) < 4.78 is 5.13. The van der Waals surface area contributed by atoms with E-state index >= 15 is 0 Å². The lowest BCUT2D eigenvalue weighted by Crippen LogP contribution is -2.29. The highest BCUT2D eigenvalue weighted by Crippen LogP contribution is 2.21. The Balaban J connectivity index is 2.32. The van der Waals surface area contributed by atoms with Gasteiger partial charge in [-0.05, 0) is 18.2 Å². The fraction of sp³-hybridized carbons (Fsp3) is 0.0833. The Kier molecular flexibility index (Phi) is 3.42. The van der Waals surface area contributed by atoms with Gasteiger partial charge in [-0.1, -0.05) is 18.2 Å². The maximum absolute atomic E-state index is 8.96. The maximum Gasteiger partial charge on any atom is 0.490 e. The fourth-order valence-corrected chi connectivity index (χ4v) is 1.51. The van der Waals surface area contributed by atoms with E-state index < -0.39 is 7.12 Å². The van der Waals surface area contributed by atoms with Crippen LogP contribution in [0.5, 0.6) is 5.75 Å². The van der Waals surface area contributed by atoms with Crippen molar-refractivity contribution < 1.29 is 14.8 Å². The molecular formula is C12H12BNO3. The van der Waals surface area contributed by atoms with Gasteiger partial charge in [0, 0.05) is 17.2 Å². The van der Waals surface area contributed by atoms with E-state index in [-0.39, 0.29) is 0 Å². The highest BCUT2D eigenvalue weighted by atomic mass is 16.5. The van der Waals surface area contributed by atoms with E-state index in [0.29, 0.717) is 5.46 Å². The van der Waals surface area contributed by atoms with Crippen LogP contribution in [0.2, 0.25) is 0 Å². The molecule has 17 heavy (non-hydrogen) atoms. The molecule has 4 nitrogen and oxygen atoms in total. The van der Waals surface area contributed by atoms with Crippen LogP contribution in [0.25, 0.3) is 11.3 Å². The molecule has 0 aliphatic heterocycles. The maximum atomic E-state index is 8.96. The van der Waals surface area contributed by atoms with Crippen molar-refractivity contribution in [2.24, 2.45) is 0 Å². The number of rotatable bonds is 3. The third kappa shape index (κ3) is 2.64. The number of benzene rings is 1. The number of hydrogen-bond acceptors (Lipinski definition) is 4. The van der Waals surface area contributed by atoms with Crippen LogP contribution in [0.1, 0.15) is 0 Å². The lowest BCUT2D eigenvalue weighted by molar-refractivity contribution is 0.415. The molecule has 5 heteroatoms. The molecule has 0 amide bonds. The Morgan fingerprint density at radius 3 is 2.59 bits per heavy atom. The minimum atomic E-state index is -1.48. The molecule has 0 aliphatic carbocycles. The molecule has 0 bridgehead atoms. The monoisotopic (exact) mass is 229 g/mol. The predicted molar refractivity (Wildman–Crippen MR) is 66.1 cm³/mol. The standard InChI is InChI=1S/C12H12BNO3/c1-17-11-4-2-3-9(7-11)12-6-5-10(8-14-12)13(15)16/h2-8,15-16H,1H3. The summed E-state index contributed by atoms with van der Waals surface area (Å²) >= 11 is 0. The molecule has 0 aliphatic rings. The summed E-state index contributed by atoms with van der Waals surface area (Å²) in [5.41, 5.74) is 2.05. The quantitative estimate of drug-likeness (QED) is 0.749. The topological polar surface area (TPSA) is 62.6 Å². The van der Waals surface area contributed by atoms with Gasteiger partial charge in [0.2, 0.25) is 0 Å². The third-order valence-electron chi connectivity index (χ3n) is 2.45. The van der Waals surface area contributed by atoms with Crippen LogP contribution in [-0.2, 0) is 0 Å². The second-order valence-electron chi connectivity index (χ2n) is 3.58. The Morgan fingerprint density at radius 2 is 2.00 bits per heavy atom. The van der Waals surface area contributed by atoms with Gasteiger partial charge in [-0.3, -0.25) is 4.98 Å². The van der Waals surface area contributed by atoms with Gasteiger partial charge in [0.1, 0.15) is 5.75 Å². The van der Waals surface area contributed by atoms with Crippen molar-refractivity contribution in [1.82, 2.24) is 4.98 Å². The molecule has 86 valence electrons. The van der Waals surface area contributed by atoms with E-state index in [1.807, 2.05) is 24.3 Å². The van der Waals surface area contributed by atoms with Gasteiger partial charge in [0.05, 0.1) is 12.8 Å². The number of ether oxygens (including phenoxy) is 1. The van der Waals surface area contributed by atoms with Gasteiger partial charge in [0.15, 0.2) is 0 Å². The highest BCUT2D eigenvalue weighted by molar-refractivity contribution is 6.58. The number of pyridine rings is 1. The van der Waals surface area contributed by atoms with Crippen molar-refractivity contribution in [2.75, 3.05) is 7.11 Å². The Labute approximate surface area is 99.7 Å². The summed E-state index contributed by atoms with van der Waals surface area (Å²) in [6.07, 6.45) is 1.44. The van der Waals surface area contributed by atoms with Gasteiger partial charge < -0.3 is 14.8 Å². The molecule has 0 fully saturated rings. The summed E-state index contributed by atoms with van der Waals surface area (Å²) in [4.78, 5) is 4.17. The zero-order valence-corrected chi connectivity index (χ0v) is 9.37. The zero-order valence-electron chi connectivity index (χ0n) is 9.37. The van der Waals surface area contributed by atoms with E-state index in [2.05, 4.69) is 4.98 Å². The van der Waals surface area contributed by atoms with E-state index in [1.165, 1.54) is 6.20 Å². The van der Waals surface area contributed by atoms with Crippen LogP contribution < -0.4 is 10.2 Å². The second kappa shape index (κ2) is 4.99. The highest BCUT2D eigenvalue weighted by Gasteiger charge is 2.11. The summed E-state index contributed by atoms with van der Waals surface area (Å²) in [5.74, 6) is 0.760. The minimum Gasteiger partial charge on any atom is -0.497 e. The summed E-state index contributed by atoms with van der Waals surface area (Å²) in [6, 6.07) is 10.9. The van der Waals surface area contributed by atoms with E-state index in [0.717, 1.165) is 17.0 Å². The van der Waals surface area contributed by atoms with Crippen molar-refractivity contribution >= 4 is 12.6 Å². The van der Waals surface area contributed by atoms with Crippen molar-refractivity contribution in [3.63, 3.8) is 0 Å². The van der Waals surface area contributed by atoms with Crippen LogP contribution in [0.3, 0.4) is 0 Å². The minimum absolute atomic E-state index is 0.372. The molecule has 2 N–H and O–H groups in total. The lowest BCUT2D eigenvalue weighted by Gasteiger charge is -2.05. The van der Waals surface area contributed by atoms with Crippen molar-refractivity contribution in [2.45, 2.75) is 0 Å². The molecule has 2 rings (SSSR count). The fourth-order valence-electron chi connectivity index (χ4n) is 1.51. The largest absolute Gasteiger partial charge is 0.497 e. The molecule has 0 saturated carbocycles. The predicted octanol–water partition coefficient (Wildman–Crippen LogP) is 0.437. The van der Waals surface area contributed by atoms with E-state index in [1.54, 1.807) is 19.2 Å². The molecule has 2 aromatic rings. The van der Waals surface area contributed by atoms with Gasteiger partial charge in [-0.2, -0.15) is 0 Å². The van der Waals surface area contributed by atoms with Crippen molar-refractivity contribution in [3.8, 4) is 17.0 Å². The first-order chi connectivity index (χ1) is 8.20. The Hall–Kier alpha value is -1.85. The number of methoxy groups -OCH3 is 1. The van der Waals surface area contributed by atoms with Crippen LogP contribution in [0.15, 0.2) is 42.6 Å². The Bertz CT molecular complexity index is 499. The first-order valence-electron chi connectivity index (χ1n) is 5.17. The van der Waals surface area contributed by atoms with Crippen LogP contribution in [-0.4, -0.2) is 29.3 Å². The van der Waals surface area contributed by atoms with E-state index in [4.69, 9.17) is 14.8 Å². The smallest absolute Gasteiger partial charge is 0.490 e. The summed E-state index contributed by atoms with van der Waals surface area (Å²) in [7, 11) is 0.124. The van der Waals surface area contributed by atoms with Gasteiger partial charge in [-0.25, -0.2) is 0 Å². The summed E-state index contributed by atoms with van der Waals surface area (Å²) in [5, 5.41) is 17.9. The first-order valence-corrected chi connectivity index (χ1v) is 5.17. The van der Waals surface area contributed by atoms with Crippen LogP contribution >= 0.6 is 0 Å².